The highest BCUT2D eigenvalue weighted by molar-refractivity contribution is 5.89. The molecule has 0 bridgehead atoms. The van der Waals surface area contributed by atoms with Gasteiger partial charge in [0.2, 0.25) is 5.91 Å². The van der Waals surface area contributed by atoms with Crippen LogP contribution in [0.5, 0.6) is 0 Å². The zero-order chi connectivity index (χ0) is 13.0. The Morgan fingerprint density at radius 2 is 2.50 bits per heavy atom. The molecule has 1 saturated heterocycles. The lowest BCUT2D eigenvalue weighted by molar-refractivity contribution is -0.117. The smallest absolute Gasteiger partial charge is 0.225 e. The van der Waals surface area contributed by atoms with Gasteiger partial charge in [0.25, 0.3) is 0 Å². The number of nitrogens with one attached hydrogen (secondary N) is 2. The largest absolute Gasteiger partial charge is 0.330 e. The molecule has 0 aliphatic carbocycles. The summed E-state index contributed by atoms with van der Waals surface area (Å²) in [6, 6.07) is 2.20. The maximum Gasteiger partial charge on any atom is 0.225 e. The van der Waals surface area contributed by atoms with Crippen molar-refractivity contribution in [3.63, 3.8) is 0 Å². The van der Waals surface area contributed by atoms with Crippen LogP contribution < -0.4 is 16.4 Å². The second-order valence-corrected chi connectivity index (χ2v) is 4.91. The summed E-state index contributed by atoms with van der Waals surface area (Å²) in [6.45, 7) is 4.49. The van der Waals surface area contributed by atoms with E-state index in [-0.39, 0.29) is 5.91 Å². The number of amides is 1. The van der Waals surface area contributed by atoms with Gasteiger partial charge in [-0.1, -0.05) is 6.92 Å². The third kappa shape index (κ3) is 3.08. The van der Waals surface area contributed by atoms with Gasteiger partial charge in [0.15, 0.2) is 0 Å². The van der Waals surface area contributed by atoms with Crippen molar-refractivity contribution in [3.8, 4) is 0 Å². The van der Waals surface area contributed by atoms with Crippen LogP contribution in [0.15, 0.2) is 12.3 Å². The van der Waals surface area contributed by atoms with Gasteiger partial charge < -0.3 is 16.4 Å². The Labute approximate surface area is 107 Å². The van der Waals surface area contributed by atoms with Crippen LogP contribution in [0, 0.1) is 5.92 Å². The molecule has 4 N–H and O–H groups in total. The highest BCUT2D eigenvalue weighted by atomic mass is 16.1. The Kier molecular flexibility index (Phi) is 4.33. The number of nitrogens with zero attached hydrogens (tertiary/aromatic N) is 2. The third-order valence-electron chi connectivity index (χ3n) is 3.24. The van der Waals surface area contributed by atoms with E-state index in [1.807, 2.05) is 17.7 Å². The second-order valence-electron chi connectivity index (χ2n) is 4.91. The van der Waals surface area contributed by atoms with Crippen LogP contribution in [-0.2, 0) is 4.79 Å². The first kappa shape index (κ1) is 13.0. The lowest BCUT2D eigenvalue weighted by Gasteiger charge is -2.28. The van der Waals surface area contributed by atoms with Crippen LogP contribution in [0.1, 0.15) is 25.8 Å². The molecule has 1 aliphatic rings. The van der Waals surface area contributed by atoms with Crippen LogP contribution in [0.4, 0.5) is 5.82 Å². The predicted molar refractivity (Wildman–Crippen MR) is 70.2 cm³/mol. The summed E-state index contributed by atoms with van der Waals surface area (Å²) in [6.07, 6.45) is 3.10. The van der Waals surface area contributed by atoms with Crippen LogP contribution in [-0.4, -0.2) is 35.3 Å². The van der Waals surface area contributed by atoms with Gasteiger partial charge in [0.05, 0.1) is 12.2 Å². The summed E-state index contributed by atoms with van der Waals surface area (Å²) < 4.78 is 1.88. The van der Waals surface area contributed by atoms with E-state index >= 15 is 0 Å². The zero-order valence-electron chi connectivity index (χ0n) is 10.7. The molecular formula is C12H21N5O. The molecule has 0 spiro atoms. The Morgan fingerprint density at radius 1 is 1.72 bits per heavy atom. The maximum absolute atomic E-state index is 11.9. The number of aromatic nitrogens is 2. The summed E-state index contributed by atoms with van der Waals surface area (Å²) in [7, 11) is 0. The Hall–Kier alpha value is -1.40. The summed E-state index contributed by atoms with van der Waals surface area (Å²) in [5.41, 5.74) is 5.48. The topological polar surface area (TPSA) is 85.0 Å². The average Bonchev–Trinajstić information content (AvgIpc) is 2.63. The summed E-state index contributed by atoms with van der Waals surface area (Å²) in [5, 5.41) is 10.4. The predicted octanol–water partition coefficient (Wildman–Crippen LogP) is 0.341. The fourth-order valence-corrected chi connectivity index (χ4v) is 2.05. The lowest BCUT2D eigenvalue weighted by atomic mass is 10.0. The third-order valence-corrected chi connectivity index (χ3v) is 3.24. The lowest BCUT2D eigenvalue weighted by Crippen LogP contribution is -2.44. The second kappa shape index (κ2) is 5.97. The van der Waals surface area contributed by atoms with Gasteiger partial charge >= 0.3 is 0 Å². The number of hydrogen-bond donors (Lipinski definition) is 3. The molecule has 0 saturated carbocycles. The van der Waals surface area contributed by atoms with E-state index in [9.17, 15) is 4.79 Å². The van der Waals surface area contributed by atoms with Crippen molar-refractivity contribution < 1.29 is 4.79 Å². The molecule has 6 heteroatoms. The van der Waals surface area contributed by atoms with E-state index in [1.54, 1.807) is 6.20 Å². The fourth-order valence-electron chi connectivity index (χ4n) is 2.05. The minimum absolute atomic E-state index is 0.0324. The molecule has 100 valence electrons. The molecule has 6 nitrogen and oxygen atoms in total. The SMILES string of the molecule is CC(CCN)CC(=O)Nc1ccnn1C1CNC1. The Balaban J connectivity index is 1.88. The van der Waals surface area contributed by atoms with Gasteiger partial charge in [0, 0.05) is 25.6 Å². The van der Waals surface area contributed by atoms with Crippen molar-refractivity contribution >= 4 is 11.7 Å². The summed E-state index contributed by atoms with van der Waals surface area (Å²) in [5.74, 6) is 1.13. The van der Waals surface area contributed by atoms with Gasteiger partial charge in [-0.3, -0.25) is 4.79 Å². The molecule has 18 heavy (non-hydrogen) atoms. The molecule has 1 aliphatic heterocycles. The van der Waals surface area contributed by atoms with Crippen LogP contribution in [0.25, 0.3) is 0 Å². The average molecular weight is 251 g/mol. The van der Waals surface area contributed by atoms with E-state index in [0.717, 1.165) is 25.3 Å². The molecule has 1 unspecified atom stereocenters. The normalized spacial score (nSPS) is 17.2. The van der Waals surface area contributed by atoms with Gasteiger partial charge in [-0.2, -0.15) is 5.10 Å². The maximum atomic E-state index is 11.9. The van der Waals surface area contributed by atoms with Crippen LogP contribution in [0.3, 0.4) is 0 Å². The van der Waals surface area contributed by atoms with Crippen molar-refractivity contribution in [2.45, 2.75) is 25.8 Å². The number of anilines is 1. The monoisotopic (exact) mass is 251 g/mol. The molecule has 1 atom stereocenters. The molecule has 1 amide bonds. The van der Waals surface area contributed by atoms with Crippen molar-refractivity contribution in [2.24, 2.45) is 11.7 Å². The molecule has 1 aromatic rings. The molecular weight excluding hydrogens is 230 g/mol. The standard InChI is InChI=1S/C12H21N5O/c1-9(2-4-13)6-12(18)16-11-3-5-15-17(11)10-7-14-8-10/h3,5,9-10,14H,2,4,6-8,13H2,1H3,(H,16,18). The Bertz CT molecular complexity index is 399. The first-order valence-corrected chi connectivity index (χ1v) is 6.45. The van der Waals surface area contributed by atoms with Crippen molar-refractivity contribution in [1.29, 1.82) is 0 Å². The van der Waals surface area contributed by atoms with Gasteiger partial charge in [-0.05, 0) is 18.9 Å². The molecule has 2 heterocycles. The highest BCUT2D eigenvalue weighted by Gasteiger charge is 2.22. The summed E-state index contributed by atoms with van der Waals surface area (Å²) >= 11 is 0. The number of nitrogens with two attached hydrogens (primary N) is 1. The van der Waals surface area contributed by atoms with Gasteiger partial charge in [0.1, 0.15) is 5.82 Å². The number of carbonyl (C=O) groups is 1. The van der Waals surface area contributed by atoms with Crippen molar-refractivity contribution in [3.05, 3.63) is 12.3 Å². The van der Waals surface area contributed by atoms with Gasteiger partial charge in [-0.25, -0.2) is 4.68 Å². The summed E-state index contributed by atoms with van der Waals surface area (Å²) in [4.78, 5) is 11.9. The fraction of sp³-hybridized carbons (Fsp3) is 0.667. The van der Waals surface area contributed by atoms with E-state index < -0.39 is 0 Å². The molecule has 0 radical (unpaired) electrons. The number of carbonyl (C=O) groups excluding carboxylic acids is 1. The van der Waals surface area contributed by atoms with Crippen LogP contribution in [0.2, 0.25) is 0 Å². The van der Waals surface area contributed by atoms with Crippen LogP contribution >= 0.6 is 0 Å². The first-order valence-electron chi connectivity index (χ1n) is 6.45. The first-order chi connectivity index (χ1) is 8.70. The Morgan fingerprint density at radius 3 is 3.11 bits per heavy atom. The number of rotatable bonds is 6. The zero-order valence-corrected chi connectivity index (χ0v) is 10.7. The van der Waals surface area contributed by atoms with E-state index in [2.05, 4.69) is 15.7 Å². The van der Waals surface area contributed by atoms with E-state index in [4.69, 9.17) is 5.73 Å². The minimum Gasteiger partial charge on any atom is -0.330 e. The molecule has 1 aromatic heterocycles. The van der Waals surface area contributed by atoms with Crippen molar-refractivity contribution in [2.75, 3.05) is 25.0 Å². The molecule has 1 fully saturated rings. The number of hydrogen-bond acceptors (Lipinski definition) is 4. The minimum atomic E-state index is 0.0324. The molecule has 2 rings (SSSR count). The highest BCUT2D eigenvalue weighted by Crippen LogP contribution is 2.18. The van der Waals surface area contributed by atoms with E-state index in [0.29, 0.717) is 24.9 Å². The van der Waals surface area contributed by atoms with E-state index in [1.165, 1.54) is 0 Å². The quantitative estimate of drug-likeness (QED) is 0.680. The van der Waals surface area contributed by atoms with Gasteiger partial charge in [-0.15, -0.1) is 0 Å². The molecule has 0 aromatic carbocycles. The van der Waals surface area contributed by atoms with Crippen molar-refractivity contribution in [1.82, 2.24) is 15.1 Å².